The lowest BCUT2D eigenvalue weighted by Gasteiger charge is -2.17. The number of carboxylic acids is 1. The van der Waals surface area contributed by atoms with Crippen LogP contribution in [0, 0.1) is 0 Å². The molecule has 10 heteroatoms. The first kappa shape index (κ1) is 14.6. The van der Waals surface area contributed by atoms with Gasteiger partial charge >= 0.3 is 5.97 Å². The fraction of sp³-hybridized carbons (Fsp3) is 0.222. The van der Waals surface area contributed by atoms with Crippen LogP contribution in [0.4, 0.5) is 0 Å². The van der Waals surface area contributed by atoms with E-state index in [1.165, 1.54) is 5.38 Å². The maximum absolute atomic E-state index is 11.9. The first-order valence-corrected chi connectivity index (χ1v) is 5.74. The van der Waals surface area contributed by atoms with E-state index in [2.05, 4.69) is 4.98 Å². The molecule has 1 rings (SSSR count). The number of hydrogen-bond donors (Lipinski definition) is 3. The number of rotatable bonds is 6. The predicted octanol–water partition coefficient (Wildman–Crippen LogP) is -1.75. The summed E-state index contributed by atoms with van der Waals surface area (Å²) in [5.74, 6) is -3.73. The van der Waals surface area contributed by atoms with E-state index in [1.54, 1.807) is 0 Å². The van der Waals surface area contributed by atoms with Gasteiger partial charge < -0.3 is 21.5 Å². The van der Waals surface area contributed by atoms with Crippen molar-refractivity contribution in [1.82, 2.24) is 9.88 Å². The van der Waals surface area contributed by atoms with E-state index in [0.717, 1.165) is 16.2 Å². The van der Waals surface area contributed by atoms with Gasteiger partial charge in [-0.05, 0) is 0 Å². The minimum atomic E-state index is -1.29. The smallest absolute Gasteiger partial charge is 0.355 e. The monoisotopic (exact) mass is 286 g/mol. The van der Waals surface area contributed by atoms with Crippen LogP contribution in [0.5, 0.6) is 0 Å². The highest BCUT2D eigenvalue weighted by atomic mass is 32.1. The van der Waals surface area contributed by atoms with Crippen molar-refractivity contribution in [3.8, 4) is 0 Å². The van der Waals surface area contributed by atoms with Crippen LogP contribution in [0.3, 0.4) is 0 Å². The molecule has 1 aromatic heterocycles. The topological polar surface area (TPSA) is 157 Å². The third-order valence-corrected chi connectivity index (χ3v) is 2.72. The quantitative estimate of drug-likeness (QED) is 0.563. The molecule has 0 saturated heterocycles. The Labute approximate surface area is 110 Å². The summed E-state index contributed by atoms with van der Waals surface area (Å²) in [4.78, 5) is 48.5. The molecule has 5 N–H and O–H groups in total. The summed E-state index contributed by atoms with van der Waals surface area (Å²) in [6, 6.07) is 0. The molecule has 0 unspecified atom stereocenters. The highest BCUT2D eigenvalue weighted by molar-refractivity contribution is 7.11. The SMILES string of the molecule is NC(=O)CN(CC(N)=O)C(=O)c1nc(C(=O)O)cs1. The molecule has 0 aliphatic rings. The molecule has 0 bridgehead atoms. The number of nitrogens with two attached hydrogens (primary N) is 2. The Kier molecular flexibility index (Phi) is 4.53. The minimum Gasteiger partial charge on any atom is -0.476 e. The lowest BCUT2D eigenvalue weighted by molar-refractivity contribution is -0.121. The van der Waals surface area contributed by atoms with Gasteiger partial charge in [0.15, 0.2) is 10.7 Å². The van der Waals surface area contributed by atoms with Crippen LogP contribution in [-0.4, -0.2) is 51.8 Å². The van der Waals surface area contributed by atoms with Crippen LogP contribution in [0.25, 0.3) is 0 Å². The first-order valence-electron chi connectivity index (χ1n) is 4.86. The second-order valence-electron chi connectivity index (χ2n) is 3.44. The summed E-state index contributed by atoms with van der Waals surface area (Å²) in [5, 5.41) is 9.68. The maximum Gasteiger partial charge on any atom is 0.355 e. The Balaban J connectivity index is 2.93. The number of carboxylic acid groups (broad SMARTS) is 1. The Bertz CT molecular complexity index is 524. The van der Waals surface area contributed by atoms with Gasteiger partial charge in [0.2, 0.25) is 11.8 Å². The third kappa shape index (κ3) is 4.03. The largest absolute Gasteiger partial charge is 0.476 e. The second-order valence-corrected chi connectivity index (χ2v) is 4.29. The minimum absolute atomic E-state index is 0.167. The van der Waals surface area contributed by atoms with Gasteiger partial charge in [-0.1, -0.05) is 0 Å². The summed E-state index contributed by atoms with van der Waals surface area (Å²) in [6.07, 6.45) is 0. The maximum atomic E-state index is 11.9. The van der Waals surface area contributed by atoms with Gasteiger partial charge in [0.25, 0.3) is 5.91 Å². The number of aromatic nitrogens is 1. The number of aromatic carboxylic acids is 1. The van der Waals surface area contributed by atoms with Crippen molar-refractivity contribution in [2.24, 2.45) is 11.5 Å². The molecule has 1 heterocycles. The molecule has 0 aliphatic carbocycles. The fourth-order valence-corrected chi connectivity index (χ4v) is 1.94. The molecule has 0 aliphatic heterocycles. The summed E-state index contributed by atoms with van der Waals surface area (Å²) < 4.78 is 0. The molecule has 102 valence electrons. The summed E-state index contributed by atoms with van der Waals surface area (Å²) in [5.41, 5.74) is 9.59. The van der Waals surface area contributed by atoms with Crippen LogP contribution in [0.1, 0.15) is 20.3 Å². The number of nitrogens with zero attached hydrogens (tertiary/aromatic N) is 2. The van der Waals surface area contributed by atoms with Crippen molar-refractivity contribution >= 4 is 35.0 Å². The highest BCUT2D eigenvalue weighted by Gasteiger charge is 2.23. The third-order valence-electron chi connectivity index (χ3n) is 1.89. The molecule has 19 heavy (non-hydrogen) atoms. The van der Waals surface area contributed by atoms with E-state index in [9.17, 15) is 19.2 Å². The Morgan fingerprint density at radius 1 is 1.21 bits per heavy atom. The van der Waals surface area contributed by atoms with Crippen molar-refractivity contribution in [1.29, 1.82) is 0 Å². The fourth-order valence-electron chi connectivity index (χ4n) is 1.18. The molecular weight excluding hydrogens is 276 g/mol. The lowest BCUT2D eigenvalue weighted by Crippen LogP contribution is -2.43. The average Bonchev–Trinajstić information content (AvgIpc) is 2.75. The normalized spacial score (nSPS) is 9.89. The average molecular weight is 286 g/mol. The van der Waals surface area contributed by atoms with Crippen LogP contribution in [0.2, 0.25) is 0 Å². The van der Waals surface area contributed by atoms with Gasteiger partial charge in [-0.3, -0.25) is 14.4 Å². The molecule has 0 radical (unpaired) electrons. The van der Waals surface area contributed by atoms with Crippen LogP contribution in [0.15, 0.2) is 5.38 Å². The number of carbonyl (C=O) groups excluding carboxylic acids is 3. The van der Waals surface area contributed by atoms with Crippen LogP contribution < -0.4 is 11.5 Å². The van der Waals surface area contributed by atoms with E-state index in [-0.39, 0.29) is 10.7 Å². The second kappa shape index (κ2) is 5.91. The summed E-state index contributed by atoms with van der Waals surface area (Å²) in [6.45, 7) is -1.02. The van der Waals surface area contributed by atoms with Gasteiger partial charge in [-0.2, -0.15) is 0 Å². The molecular formula is C9H10N4O5S. The molecule has 3 amide bonds. The molecule has 0 spiro atoms. The van der Waals surface area contributed by atoms with Gasteiger partial charge in [-0.15, -0.1) is 11.3 Å². The highest BCUT2D eigenvalue weighted by Crippen LogP contribution is 2.12. The Morgan fingerprint density at radius 2 is 1.74 bits per heavy atom. The van der Waals surface area contributed by atoms with Crippen molar-refractivity contribution in [3.63, 3.8) is 0 Å². The van der Waals surface area contributed by atoms with Gasteiger partial charge in [0.1, 0.15) is 13.1 Å². The molecule has 0 fully saturated rings. The van der Waals surface area contributed by atoms with Crippen LogP contribution in [-0.2, 0) is 9.59 Å². The van der Waals surface area contributed by atoms with E-state index < -0.39 is 36.8 Å². The zero-order chi connectivity index (χ0) is 14.6. The van der Waals surface area contributed by atoms with Crippen molar-refractivity contribution in [2.45, 2.75) is 0 Å². The van der Waals surface area contributed by atoms with Crippen molar-refractivity contribution in [3.05, 3.63) is 16.1 Å². The number of carbonyl (C=O) groups is 4. The number of amides is 3. The zero-order valence-corrected chi connectivity index (χ0v) is 10.3. The molecule has 0 saturated carbocycles. The molecule has 1 aromatic rings. The molecule has 0 aromatic carbocycles. The van der Waals surface area contributed by atoms with Crippen molar-refractivity contribution in [2.75, 3.05) is 13.1 Å². The van der Waals surface area contributed by atoms with Gasteiger partial charge in [0, 0.05) is 5.38 Å². The predicted molar refractivity (Wildman–Crippen MR) is 63.4 cm³/mol. The number of thiazole rings is 1. The number of hydrogen-bond acceptors (Lipinski definition) is 6. The Hall–Kier alpha value is -2.49. The lowest BCUT2D eigenvalue weighted by atomic mass is 10.4. The van der Waals surface area contributed by atoms with E-state index >= 15 is 0 Å². The van der Waals surface area contributed by atoms with Gasteiger partial charge in [0.05, 0.1) is 0 Å². The van der Waals surface area contributed by atoms with E-state index in [4.69, 9.17) is 16.6 Å². The Morgan fingerprint density at radius 3 is 2.11 bits per heavy atom. The first-order chi connectivity index (χ1) is 8.81. The van der Waals surface area contributed by atoms with E-state index in [1.807, 2.05) is 0 Å². The molecule has 0 atom stereocenters. The zero-order valence-electron chi connectivity index (χ0n) is 9.53. The van der Waals surface area contributed by atoms with Crippen LogP contribution >= 0.6 is 11.3 Å². The summed E-state index contributed by atoms with van der Waals surface area (Å²) >= 11 is 0.781. The van der Waals surface area contributed by atoms with Crippen molar-refractivity contribution < 1.29 is 24.3 Å². The standard InChI is InChI=1S/C9H10N4O5S/c10-5(14)1-13(2-6(11)15)8(16)7-12-4(3-19-7)9(17)18/h3H,1-2H2,(H2,10,14)(H2,11,15)(H,17,18). The number of primary amides is 2. The molecule has 9 nitrogen and oxygen atoms in total. The van der Waals surface area contributed by atoms with E-state index in [0.29, 0.717) is 0 Å². The summed E-state index contributed by atoms with van der Waals surface area (Å²) in [7, 11) is 0. The van der Waals surface area contributed by atoms with Gasteiger partial charge in [-0.25, -0.2) is 9.78 Å².